The molecule has 0 radical (unpaired) electrons. The van der Waals surface area contributed by atoms with Gasteiger partial charge in [-0.15, -0.1) is 0 Å². The number of nitrogens with one attached hydrogen (secondary N) is 2. The topological polar surface area (TPSA) is 93.8 Å². The summed E-state index contributed by atoms with van der Waals surface area (Å²) in [6, 6.07) is 9.43. The second-order valence-electron chi connectivity index (χ2n) is 7.28. The van der Waals surface area contributed by atoms with E-state index in [0.29, 0.717) is 49.6 Å². The molecule has 1 aliphatic rings. The number of fused-ring (bicyclic) bond motifs is 1. The van der Waals surface area contributed by atoms with Crippen molar-refractivity contribution in [1.29, 1.82) is 0 Å². The predicted molar refractivity (Wildman–Crippen MR) is 110 cm³/mol. The summed E-state index contributed by atoms with van der Waals surface area (Å²) in [7, 11) is 1.72. The molecular formula is C21H23FN6O2. The molecule has 0 saturated carbocycles. The molecule has 0 fully saturated rings. The summed E-state index contributed by atoms with van der Waals surface area (Å²) in [5, 5.41) is 10.4. The number of hydrogen-bond acceptors (Lipinski definition) is 5. The fourth-order valence-corrected chi connectivity index (χ4v) is 3.69. The number of amides is 1. The average molecular weight is 410 g/mol. The maximum atomic E-state index is 13.1. The Morgan fingerprint density at radius 3 is 2.80 bits per heavy atom. The van der Waals surface area contributed by atoms with E-state index in [1.165, 1.54) is 16.8 Å². The maximum Gasteiger partial charge on any atom is 0.346 e. The van der Waals surface area contributed by atoms with Crippen molar-refractivity contribution >= 4 is 11.7 Å². The lowest BCUT2D eigenvalue weighted by Crippen LogP contribution is -2.36. The number of rotatable bonds is 5. The number of pyridine rings is 1. The number of benzene rings is 1. The van der Waals surface area contributed by atoms with Crippen molar-refractivity contribution in [2.45, 2.75) is 38.4 Å². The van der Waals surface area contributed by atoms with Gasteiger partial charge in [0.25, 0.3) is 5.91 Å². The lowest BCUT2D eigenvalue weighted by atomic mass is 10.1. The van der Waals surface area contributed by atoms with E-state index >= 15 is 0 Å². The van der Waals surface area contributed by atoms with E-state index in [1.54, 1.807) is 42.1 Å². The molecule has 4 rings (SSSR count). The van der Waals surface area contributed by atoms with Gasteiger partial charge in [0.15, 0.2) is 0 Å². The fraction of sp³-hybridized carbons (Fsp3) is 0.333. The van der Waals surface area contributed by atoms with Crippen molar-refractivity contribution in [2.75, 3.05) is 12.4 Å². The van der Waals surface area contributed by atoms with Gasteiger partial charge in [-0.2, -0.15) is 5.10 Å². The first-order valence-electron chi connectivity index (χ1n) is 9.89. The number of aromatic nitrogens is 4. The highest BCUT2D eigenvalue weighted by molar-refractivity contribution is 5.98. The van der Waals surface area contributed by atoms with E-state index in [4.69, 9.17) is 0 Å². The van der Waals surface area contributed by atoms with Crippen LogP contribution in [0.1, 0.15) is 34.6 Å². The fourth-order valence-electron chi connectivity index (χ4n) is 3.69. The second kappa shape index (κ2) is 8.48. The minimum Gasteiger partial charge on any atom is -0.372 e. The molecule has 30 heavy (non-hydrogen) atoms. The largest absolute Gasteiger partial charge is 0.372 e. The maximum absolute atomic E-state index is 13.1. The van der Waals surface area contributed by atoms with E-state index in [-0.39, 0.29) is 23.5 Å². The van der Waals surface area contributed by atoms with Gasteiger partial charge in [0.05, 0.1) is 12.1 Å². The van der Waals surface area contributed by atoms with Crippen molar-refractivity contribution in [1.82, 2.24) is 24.6 Å². The minimum absolute atomic E-state index is 0.0611. The standard InChI is InChI=1S/C21H23FN6O2/c1-23-19-17(3-2-11-24-19)20(29)25-16-8-9-18-26-28(21(30)27(18)12-10-16)13-14-4-6-15(22)7-5-14/h2-7,11,16H,8-10,12-13H2,1H3,(H,23,24)(H,25,29). The summed E-state index contributed by atoms with van der Waals surface area (Å²) in [4.78, 5) is 29.6. The Balaban J connectivity index is 1.43. The highest BCUT2D eigenvalue weighted by Gasteiger charge is 2.23. The number of carbonyl (C=O) groups excluding carboxylic acids is 1. The third-order valence-electron chi connectivity index (χ3n) is 5.29. The zero-order valence-electron chi connectivity index (χ0n) is 16.6. The molecule has 9 heteroatoms. The molecule has 3 aromatic rings. The van der Waals surface area contributed by atoms with E-state index in [0.717, 1.165) is 5.56 Å². The molecule has 2 N–H and O–H groups in total. The van der Waals surface area contributed by atoms with E-state index < -0.39 is 0 Å². The molecule has 1 aliphatic heterocycles. The van der Waals surface area contributed by atoms with Crippen molar-refractivity contribution < 1.29 is 9.18 Å². The highest BCUT2D eigenvalue weighted by atomic mass is 19.1. The Morgan fingerprint density at radius 1 is 1.23 bits per heavy atom. The molecule has 1 aromatic carbocycles. The number of anilines is 1. The van der Waals surface area contributed by atoms with Crippen LogP contribution in [0, 0.1) is 5.82 Å². The Kier molecular flexibility index (Phi) is 5.60. The molecule has 0 aliphatic carbocycles. The van der Waals surface area contributed by atoms with Crippen LogP contribution >= 0.6 is 0 Å². The average Bonchev–Trinajstić information content (AvgIpc) is 2.92. The summed E-state index contributed by atoms with van der Waals surface area (Å²) in [6.07, 6.45) is 3.54. The number of nitrogens with zero attached hydrogens (tertiary/aromatic N) is 4. The lowest BCUT2D eigenvalue weighted by Gasteiger charge is -2.17. The first-order valence-corrected chi connectivity index (χ1v) is 9.89. The summed E-state index contributed by atoms with van der Waals surface area (Å²) >= 11 is 0. The predicted octanol–water partition coefficient (Wildman–Crippen LogP) is 1.80. The van der Waals surface area contributed by atoms with Crippen LogP contribution in [-0.4, -0.2) is 38.3 Å². The van der Waals surface area contributed by atoms with Crippen LogP contribution in [0.3, 0.4) is 0 Å². The first-order chi connectivity index (χ1) is 14.5. The second-order valence-corrected chi connectivity index (χ2v) is 7.28. The van der Waals surface area contributed by atoms with E-state index in [2.05, 4.69) is 20.7 Å². The normalized spacial score (nSPS) is 15.9. The lowest BCUT2D eigenvalue weighted by molar-refractivity contribution is 0.0933. The van der Waals surface area contributed by atoms with Gasteiger partial charge in [0, 0.05) is 32.3 Å². The van der Waals surface area contributed by atoms with Gasteiger partial charge in [-0.3, -0.25) is 9.36 Å². The smallest absolute Gasteiger partial charge is 0.346 e. The van der Waals surface area contributed by atoms with Crippen LogP contribution in [0.15, 0.2) is 47.4 Å². The van der Waals surface area contributed by atoms with Gasteiger partial charge < -0.3 is 10.6 Å². The number of halogens is 1. The number of hydrogen-bond donors (Lipinski definition) is 2. The molecule has 8 nitrogen and oxygen atoms in total. The van der Waals surface area contributed by atoms with Crippen molar-refractivity contribution in [3.05, 3.63) is 75.8 Å². The van der Waals surface area contributed by atoms with Gasteiger partial charge in [0.1, 0.15) is 17.5 Å². The van der Waals surface area contributed by atoms with Gasteiger partial charge in [0.2, 0.25) is 0 Å². The Bertz CT molecular complexity index is 1110. The Morgan fingerprint density at radius 2 is 2.03 bits per heavy atom. The van der Waals surface area contributed by atoms with Crippen molar-refractivity contribution in [3.63, 3.8) is 0 Å². The van der Waals surface area contributed by atoms with E-state index in [1.807, 2.05) is 0 Å². The van der Waals surface area contributed by atoms with Crippen LogP contribution in [0.5, 0.6) is 0 Å². The van der Waals surface area contributed by atoms with Crippen molar-refractivity contribution in [3.8, 4) is 0 Å². The summed E-state index contributed by atoms with van der Waals surface area (Å²) < 4.78 is 16.2. The molecule has 3 heterocycles. The molecule has 0 saturated heterocycles. The monoisotopic (exact) mass is 410 g/mol. The summed E-state index contributed by atoms with van der Waals surface area (Å²) in [5.41, 5.74) is 1.11. The molecule has 2 aromatic heterocycles. The van der Waals surface area contributed by atoms with Crippen LogP contribution < -0.4 is 16.3 Å². The summed E-state index contributed by atoms with van der Waals surface area (Å²) in [6.45, 7) is 0.779. The quantitative estimate of drug-likeness (QED) is 0.669. The van der Waals surface area contributed by atoms with Crippen molar-refractivity contribution in [2.24, 2.45) is 0 Å². The minimum atomic E-state index is -0.312. The zero-order valence-corrected chi connectivity index (χ0v) is 16.6. The molecule has 1 amide bonds. The highest BCUT2D eigenvalue weighted by Crippen LogP contribution is 2.15. The summed E-state index contributed by atoms with van der Waals surface area (Å²) in [5.74, 6) is 0.732. The third kappa shape index (κ3) is 4.10. The number of carbonyl (C=O) groups is 1. The number of aryl methyl sites for hydroxylation is 1. The molecule has 0 spiro atoms. The van der Waals surface area contributed by atoms with E-state index in [9.17, 15) is 14.0 Å². The molecule has 1 atom stereocenters. The molecular weight excluding hydrogens is 387 g/mol. The van der Waals surface area contributed by atoms with Crippen LogP contribution in [0.4, 0.5) is 10.2 Å². The van der Waals surface area contributed by atoms with Crippen LogP contribution in [0.2, 0.25) is 0 Å². The van der Waals surface area contributed by atoms with Gasteiger partial charge >= 0.3 is 5.69 Å². The Labute approximate surface area is 172 Å². The SMILES string of the molecule is CNc1ncccc1C(=O)NC1CCc2nn(Cc3ccc(F)cc3)c(=O)n2CC1. The van der Waals surface area contributed by atoms with Gasteiger partial charge in [-0.1, -0.05) is 12.1 Å². The zero-order chi connectivity index (χ0) is 21.1. The van der Waals surface area contributed by atoms with Gasteiger partial charge in [-0.25, -0.2) is 18.9 Å². The molecule has 1 unspecified atom stereocenters. The first kappa shape index (κ1) is 19.8. The molecule has 0 bridgehead atoms. The Hall–Kier alpha value is -3.49. The van der Waals surface area contributed by atoms with Crippen LogP contribution in [-0.2, 0) is 19.5 Å². The third-order valence-corrected chi connectivity index (χ3v) is 5.29. The van der Waals surface area contributed by atoms with Gasteiger partial charge in [-0.05, 0) is 42.7 Å². The molecule has 156 valence electrons. The van der Waals surface area contributed by atoms with Crippen LogP contribution in [0.25, 0.3) is 0 Å².